The number of nitrogens with zero attached hydrogens (tertiary/aromatic N) is 2. The Morgan fingerprint density at radius 1 is 0.623 bits per heavy atom. The Balaban J connectivity index is 0.000000376. The summed E-state index contributed by atoms with van der Waals surface area (Å²) >= 11 is 0. The van der Waals surface area contributed by atoms with Gasteiger partial charge in [-0.25, -0.2) is 0 Å². The van der Waals surface area contributed by atoms with Gasteiger partial charge in [-0.1, -0.05) is 141 Å². The minimum Gasteiger partial charge on any atom is -0.324 e. The molecule has 0 amide bonds. The molecule has 1 atom stereocenters. The lowest BCUT2D eigenvalue weighted by Gasteiger charge is -2.14. The molecule has 1 aliphatic carbocycles. The quantitative estimate of drug-likeness (QED) is 0.154. The first-order chi connectivity index (χ1) is 25.9. The van der Waals surface area contributed by atoms with Crippen molar-refractivity contribution >= 4 is 11.3 Å². The standard InChI is InChI=1S/C41H37N.C9H10N2/c1-30(2)41(34-19-10-5-11-20-34)42-29-31-14-12-21-35(24-31)36-22-13-23-37(25-36)40-27-38(32-15-6-3-7-16-32)26-39(28-40)33-17-8-4-9-18-33;1-7(11)9-4-2-3-8(5-9)6-10/h3,5-8,10-28,30H,4,9,29H2,1-2H3;2-5,7H,11H2,1H3. The molecule has 2 N–H and O–H groups in total. The highest BCUT2D eigenvalue weighted by molar-refractivity contribution is 6.01. The Labute approximate surface area is 315 Å². The van der Waals surface area contributed by atoms with Crippen LogP contribution in [-0.4, -0.2) is 5.71 Å². The van der Waals surface area contributed by atoms with Crippen LogP contribution < -0.4 is 5.73 Å². The van der Waals surface area contributed by atoms with Crippen LogP contribution in [-0.2, 0) is 6.54 Å². The number of hydrogen-bond acceptors (Lipinski definition) is 3. The van der Waals surface area contributed by atoms with E-state index in [4.69, 9.17) is 16.0 Å². The highest BCUT2D eigenvalue weighted by Crippen LogP contribution is 2.34. The molecule has 3 nitrogen and oxygen atoms in total. The number of allylic oxidation sites excluding steroid dienone is 4. The fraction of sp³-hybridized carbons (Fsp3) is 0.160. The molecule has 0 saturated heterocycles. The SMILES string of the molecule is CC(C)C(=NCc1cccc(-c2cccc(-c3cc(C4=CCCC=C4)cc(-c4ccccc4)c3)c2)c1)c1ccccc1.CC(N)c1cccc(C#N)c1. The molecule has 6 aromatic carbocycles. The van der Waals surface area contributed by atoms with Crippen LogP contribution in [0.5, 0.6) is 0 Å². The topological polar surface area (TPSA) is 62.2 Å². The molecule has 6 aromatic rings. The number of rotatable bonds is 9. The normalized spacial score (nSPS) is 13.1. The van der Waals surface area contributed by atoms with E-state index in [-0.39, 0.29) is 6.04 Å². The third-order valence-corrected chi connectivity index (χ3v) is 9.41. The molecule has 262 valence electrons. The van der Waals surface area contributed by atoms with E-state index < -0.39 is 0 Å². The van der Waals surface area contributed by atoms with Gasteiger partial charge in [-0.3, -0.25) is 4.99 Å². The summed E-state index contributed by atoms with van der Waals surface area (Å²) in [7, 11) is 0. The molecule has 0 fully saturated rings. The largest absolute Gasteiger partial charge is 0.324 e. The van der Waals surface area contributed by atoms with Gasteiger partial charge in [0.25, 0.3) is 0 Å². The van der Waals surface area contributed by atoms with Crippen molar-refractivity contribution in [1.29, 1.82) is 5.26 Å². The molecule has 1 aliphatic rings. The maximum Gasteiger partial charge on any atom is 0.0991 e. The third kappa shape index (κ3) is 9.83. The average molecular weight is 690 g/mol. The summed E-state index contributed by atoms with van der Waals surface area (Å²) in [6.45, 7) is 7.00. The second kappa shape index (κ2) is 17.9. The Hall–Kier alpha value is -6.08. The Morgan fingerprint density at radius 2 is 1.21 bits per heavy atom. The number of aliphatic imine (C=N–C) groups is 1. The zero-order valence-corrected chi connectivity index (χ0v) is 30.9. The first-order valence-electron chi connectivity index (χ1n) is 18.5. The van der Waals surface area contributed by atoms with Gasteiger partial charge in [0.05, 0.1) is 18.2 Å². The third-order valence-electron chi connectivity index (χ3n) is 9.41. The van der Waals surface area contributed by atoms with E-state index in [0.717, 1.165) is 24.1 Å². The molecule has 0 heterocycles. The van der Waals surface area contributed by atoms with Crippen molar-refractivity contribution < 1.29 is 0 Å². The predicted molar refractivity (Wildman–Crippen MR) is 224 cm³/mol. The molecule has 3 heteroatoms. The van der Waals surface area contributed by atoms with Gasteiger partial charge < -0.3 is 5.73 Å². The second-order valence-electron chi connectivity index (χ2n) is 13.8. The van der Waals surface area contributed by atoms with Gasteiger partial charge >= 0.3 is 0 Å². The summed E-state index contributed by atoms with van der Waals surface area (Å²) in [5, 5.41) is 8.55. The monoisotopic (exact) mass is 689 g/mol. The van der Waals surface area contributed by atoms with Gasteiger partial charge in [0, 0.05) is 11.8 Å². The van der Waals surface area contributed by atoms with Crippen LogP contribution in [0.15, 0.2) is 175 Å². The van der Waals surface area contributed by atoms with Crippen LogP contribution in [0.4, 0.5) is 0 Å². The van der Waals surface area contributed by atoms with Gasteiger partial charge in [-0.15, -0.1) is 0 Å². The van der Waals surface area contributed by atoms with E-state index in [0.29, 0.717) is 18.0 Å². The Kier molecular flexibility index (Phi) is 12.4. The van der Waals surface area contributed by atoms with Crippen molar-refractivity contribution in [3.05, 3.63) is 198 Å². The minimum atomic E-state index is 0.00306. The zero-order chi connectivity index (χ0) is 37.0. The maximum atomic E-state index is 8.55. The summed E-state index contributed by atoms with van der Waals surface area (Å²) in [6.07, 6.45) is 9.12. The van der Waals surface area contributed by atoms with Gasteiger partial charge in [0.2, 0.25) is 0 Å². The fourth-order valence-electron chi connectivity index (χ4n) is 6.60. The van der Waals surface area contributed by atoms with Crippen molar-refractivity contribution in [2.75, 3.05) is 0 Å². The molecule has 0 aromatic heterocycles. The molecule has 0 spiro atoms. The van der Waals surface area contributed by atoms with Crippen molar-refractivity contribution in [3.63, 3.8) is 0 Å². The lowest BCUT2D eigenvalue weighted by Crippen LogP contribution is -2.09. The van der Waals surface area contributed by atoms with Crippen molar-refractivity contribution in [1.82, 2.24) is 0 Å². The van der Waals surface area contributed by atoms with E-state index >= 15 is 0 Å². The van der Waals surface area contributed by atoms with Gasteiger partial charge in [-0.05, 0) is 129 Å². The number of nitrogens with two attached hydrogens (primary N) is 1. The summed E-state index contributed by atoms with van der Waals surface area (Å²) in [5.41, 5.74) is 20.8. The molecule has 1 unspecified atom stereocenters. The first-order valence-corrected chi connectivity index (χ1v) is 18.5. The average Bonchev–Trinajstić information content (AvgIpc) is 3.22. The smallest absolute Gasteiger partial charge is 0.0991 e. The van der Waals surface area contributed by atoms with Crippen LogP contribution in [0.3, 0.4) is 0 Å². The summed E-state index contributed by atoms with van der Waals surface area (Å²) in [5.74, 6) is 0.365. The molecule has 0 saturated carbocycles. The predicted octanol–water partition coefficient (Wildman–Crippen LogP) is 12.6. The highest BCUT2D eigenvalue weighted by Gasteiger charge is 2.11. The first kappa shape index (κ1) is 36.7. The van der Waals surface area contributed by atoms with Gasteiger partial charge in [0.1, 0.15) is 0 Å². The van der Waals surface area contributed by atoms with Gasteiger partial charge in [-0.2, -0.15) is 5.26 Å². The molecule has 53 heavy (non-hydrogen) atoms. The number of nitriles is 1. The second-order valence-corrected chi connectivity index (χ2v) is 13.8. The van der Waals surface area contributed by atoms with Crippen LogP contribution in [0.25, 0.3) is 39.0 Å². The Morgan fingerprint density at radius 3 is 1.87 bits per heavy atom. The summed E-state index contributed by atoms with van der Waals surface area (Å²) in [4.78, 5) is 5.06. The molecule has 0 bridgehead atoms. The zero-order valence-electron chi connectivity index (χ0n) is 30.9. The molecule has 0 aliphatic heterocycles. The lowest BCUT2D eigenvalue weighted by atomic mass is 9.90. The molecular formula is C50H47N3. The van der Waals surface area contributed by atoms with Crippen molar-refractivity contribution in [3.8, 4) is 39.4 Å². The molecule has 7 rings (SSSR count). The van der Waals surface area contributed by atoms with Crippen LogP contribution in [0.2, 0.25) is 0 Å². The van der Waals surface area contributed by atoms with E-state index in [1.54, 1.807) is 6.07 Å². The molecule has 0 radical (unpaired) electrons. The van der Waals surface area contributed by atoms with E-state index in [1.807, 2.05) is 25.1 Å². The maximum absolute atomic E-state index is 8.55. The van der Waals surface area contributed by atoms with Crippen LogP contribution >= 0.6 is 0 Å². The Bertz CT molecular complexity index is 2270. The number of hydrogen-bond donors (Lipinski definition) is 1. The fourth-order valence-corrected chi connectivity index (χ4v) is 6.60. The van der Waals surface area contributed by atoms with Crippen LogP contribution in [0, 0.1) is 17.2 Å². The van der Waals surface area contributed by atoms with E-state index in [1.165, 1.54) is 55.6 Å². The highest BCUT2D eigenvalue weighted by atomic mass is 14.7. The minimum absolute atomic E-state index is 0.00306. The van der Waals surface area contributed by atoms with Crippen LogP contribution in [0.1, 0.15) is 67.5 Å². The molecular weight excluding hydrogens is 643 g/mol. The van der Waals surface area contributed by atoms with E-state index in [2.05, 4.69) is 166 Å². The van der Waals surface area contributed by atoms with Crippen molar-refractivity contribution in [2.45, 2.75) is 46.2 Å². The van der Waals surface area contributed by atoms with Gasteiger partial charge in [0.15, 0.2) is 0 Å². The van der Waals surface area contributed by atoms with E-state index in [9.17, 15) is 0 Å². The lowest BCUT2D eigenvalue weighted by molar-refractivity contribution is 0.818. The summed E-state index contributed by atoms with van der Waals surface area (Å²) in [6, 6.07) is 55.4. The number of benzene rings is 6. The van der Waals surface area contributed by atoms with Crippen molar-refractivity contribution in [2.24, 2.45) is 16.6 Å². The summed E-state index contributed by atoms with van der Waals surface area (Å²) < 4.78 is 0.